The summed E-state index contributed by atoms with van der Waals surface area (Å²) in [5, 5.41) is 8.74. The minimum Gasteiger partial charge on any atom is -0.163 e. The molecule has 0 aromatic rings. The minimum absolute atomic E-state index is 0.539. The van der Waals surface area contributed by atoms with Crippen molar-refractivity contribution >= 4 is 11.9 Å². The monoisotopic (exact) mass is 322 g/mol. The van der Waals surface area contributed by atoms with Gasteiger partial charge < -0.3 is 0 Å². The summed E-state index contributed by atoms with van der Waals surface area (Å²) in [5.41, 5.74) is 1.18. The van der Waals surface area contributed by atoms with Crippen LogP contribution in [-0.4, -0.2) is 11.9 Å². The first-order valence-corrected chi connectivity index (χ1v) is 9.90. The molecule has 0 radical (unpaired) electrons. The molecular weight excluding hydrogens is 280 g/mol. The van der Waals surface area contributed by atoms with Crippen molar-refractivity contribution in [2.45, 2.75) is 99.8 Å². The third-order valence-electron chi connectivity index (χ3n) is 4.61. The highest BCUT2D eigenvalue weighted by Crippen LogP contribution is 2.15. The van der Waals surface area contributed by atoms with Gasteiger partial charge in [0.1, 0.15) is 0 Å². The molecule has 0 N–H and O–H groups in total. The quantitative estimate of drug-likeness (QED) is 0.195. The van der Waals surface area contributed by atoms with E-state index in [1.54, 1.807) is 0 Å². The van der Waals surface area contributed by atoms with Gasteiger partial charge in [-0.25, -0.2) is 0 Å². The van der Waals surface area contributed by atoms with Gasteiger partial charge in [-0.1, -0.05) is 80.1 Å². The lowest BCUT2D eigenvalue weighted by molar-refractivity contribution is 0.506. The molecule has 0 heterocycles. The standard InChI is InChI=1S/C21H42N2/c1-17(2)12-9-8-10-15-20(6)21(7)23-22-16-19(5)14-11-13-18(3)4/h16-20H,8-15H2,1-7H3/b22-16+,23-21-. The van der Waals surface area contributed by atoms with E-state index < -0.39 is 0 Å². The van der Waals surface area contributed by atoms with Gasteiger partial charge in [0.15, 0.2) is 0 Å². The van der Waals surface area contributed by atoms with Gasteiger partial charge in [-0.3, -0.25) is 0 Å². The topological polar surface area (TPSA) is 24.7 Å². The average molecular weight is 323 g/mol. The molecule has 2 nitrogen and oxygen atoms in total. The van der Waals surface area contributed by atoms with E-state index >= 15 is 0 Å². The van der Waals surface area contributed by atoms with E-state index in [4.69, 9.17) is 0 Å². The van der Waals surface area contributed by atoms with E-state index in [-0.39, 0.29) is 0 Å². The Bertz CT molecular complexity index is 329. The van der Waals surface area contributed by atoms with Crippen molar-refractivity contribution in [2.75, 3.05) is 0 Å². The molecule has 0 rings (SSSR count). The van der Waals surface area contributed by atoms with Crippen LogP contribution in [-0.2, 0) is 0 Å². The number of hydrogen-bond acceptors (Lipinski definition) is 2. The molecule has 0 aliphatic heterocycles. The summed E-state index contributed by atoms with van der Waals surface area (Å²) in [5.74, 6) is 2.74. The van der Waals surface area contributed by atoms with Gasteiger partial charge >= 0.3 is 0 Å². The second kappa shape index (κ2) is 13.7. The maximum absolute atomic E-state index is 4.42. The molecule has 2 heteroatoms. The van der Waals surface area contributed by atoms with Crippen LogP contribution in [0, 0.1) is 23.7 Å². The van der Waals surface area contributed by atoms with Crippen molar-refractivity contribution in [3.8, 4) is 0 Å². The Hall–Kier alpha value is -0.660. The summed E-state index contributed by atoms with van der Waals surface area (Å²) >= 11 is 0. The Balaban J connectivity index is 3.91. The average Bonchev–Trinajstić information content (AvgIpc) is 2.45. The maximum Gasteiger partial charge on any atom is 0.0402 e. The van der Waals surface area contributed by atoms with Crippen LogP contribution in [0.25, 0.3) is 0 Å². The molecule has 0 saturated carbocycles. The summed E-state index contributed by atoms with van der Waals surface area (Å²) < 4.78 is 0. The summed E-state index contributed by atoms with van der Waals surface area (Å²) in [6.45, 7) is 15.8. The largest absolute Gasteiger partial charge is 0.163 e. The van der Waals surface area contributed by atoms with Crippen LogP contribution < -0.4 is 0 Å². The number of hydrogen-bond donors (Lipinski definition) is 0. The lowest BCUT2D eigenvalue weighted by Gasteiger charge is -2.10. The number of unbranched alkanes of at least 4 members (excludes halogenated alkanes) is 2. The normalized spacial score (nSPS) is 15.8. The number of nitrogens with zero attached hydrogens (tertiary/aromatic N) is 2. The summed E-state index contributed by atoms with van der Waals surface area (Å²) in [7, 11) is 0. The van der Waals surface area contributed by atoms with Crippen molar-refractivity contribution in [1.29, 1.82) is 0 Å². The molecule has 0 aromatic carbocycles. The Labute approximate surface area is 146 Å². The fourth-order valence-electron chi connectivity index (χ4n) is 2.65. The van der Waals surface area contributed by atoms with Crippen molar-refractivity contribution in [2.24, 2.45) is 33.9 Å². The Morgan fingerprint density at radius 1 is 0.739 bits per heavy atom. The molecule has 0 aliphatic rings. The minimum atomic E-state index is 0.539. The maximum atomic E-state index is 4.42. The fraction of sp³-hybridized carbons (Fsp3) is 0.905. The predicted molar refractivity (Wildman–Crippen MR) is 107 cm³/mol. The molecule has 0 fully saturated rings. The summed E-state index contributed by atoms with van der Waals surface area (Å²) in [4.78, 5) is 0. The second-order valence-electron chi connectivity index (χ2n) is 8.24. The lowest BCUT2D eigenvalue weighted by Crippen LogP contribution is -2.06. The zero-order chi connectivity index (χ0) is 17.7. The van der Waals surface area contributed by atoms with Gasteiger partial charge in [0, 0.05) is 11.9 Å². The van der Waals surface area contributed by atoms with Crippen LogP contribution in [0.15, 0.2) is 10.2 Å². The Kier molecular flexibility index (Phi) is 13.4. The molecule has 23 heavy (non-hydrogen) atoms. The van der Waals surface area contributed by atoms with Crippen molar-refractivity contribution in [3.05, 3.63) is 0 Å². The highest BCUT2D eigenvalue weighted by atomic mass is 15.2. The smallest absolute Gasteiger partial charge is 0.0402 e. The first-order valence-electron chi connectivity index (χ1n) is 9.90. The molecule has 0 spiro atoms. The van der Waals surface area contributed by atoms with Crippen LogP contribution in [0.2, 0.25) is 0 Å². The van der Waals surface area contributed by atoms with Crippen LogP contribution in [0.5, 0.6) is 0 Å². The van der Waals surface area contributed by atoms with Gasteiger partial charge in [-0.05, 0) is 43.4 Å². The highest BCUT2D eigenvalue weighted by Gasteiger charge is 2.06. The SMILES string of the molecule is C/C(=N/N=C/C(C)CCCC(C)C)C(C)CCCCCC(C)C. The Morgan fingerprint density at radius 3 is 1.91 bits per heavy atom. The van der Waals surface area contributed by atoms with Crippen LogP contribution in [0.1, 0.15) is 99.8 Å². The van der Waals surface area contributed by atoms with E-state index in [1.807, 2.05) is 6.21 Å². The summed E-state index contributed by atoms with van der Waals surface area (Å²) in [6, 6.07) is 0. The van der Waals surface area contributed by atoms with Crippen LogP contribution in [0.4, 0.5) is 0 Å². The van der Waals surface area contributed by atoms with Crippen LogP contribution in [0.3, 0.4) is 0 Å². The molecule has 2 unspecified atom stereocenters. The second-order valence-corrected chi connectivity index (χ2v) is 8.24. The van der Waals surface area contributed by atoms with E-state index in [0.29, 0.717) is 11.8 Å². The van der Waals surface area contributed by atoms with E-state index in [0.717, 1.165) is 11.8 Å². The lowest BCUT2D eigenvalue weighted by atomic mass is 9.97. The first-order chi connectivity index (χ1) is 10.8. The fourth-order valence-corrected chi connectivity index (χ4v) is 2.65. The molecule has 2 atom stereocenters. The molecule has 136 valence electrons. The molecule has 0 bridgehead atoms. The van der Waals surface area contributed by atoms with Gasteiger partial charge in [0.05, 0.1) is 0 Å². The first kappa shape index (κ1) is 22.3. The van der Waals surface area contributed by atoms with E-state index in [9.17, 15) is 0 Å². The van der Waals surface area contributed by atoms with E-state index in [1.165, 1.54) is 57.1 Å². The van der Waals surface area contributed by atoms with Crippen molar-refractivity contribution in [3.63, 3.8) is 0 Å². The number of rotatable bonds is 13. The highest BCUT2D eigenvalue weighted by molar-refractivity contribution is 5.84. The molecule has 0 aromatic heterocycles. The third-order valence-corrected chi connectivity index (χ3v) is 4.61. The van der Waals surface area contributed by atoms with Crippen molar-refractivity contribution < 1.29 is 0 Å². The molecule has 0 aliphatic carbocycles. The van der Waals surface area contributed by atoms with Gasteiger partial charge in [-0.15, -0.1) is 0 Å². The zero-order valence-corrected chi connectivity index (χ0v) is 16.9. The summed E-state index contributed by atoms with van der Waals surface area (Å²) in [6.07, 6.45) is 12.5. The van der Waals surface area contributed by atoms with Gasteiger partial charge in [-0.2, -0.15) is 10.2 Å². The third kappa shape index (κ3) is 14.7. The predicted octanol–water partition coefficient (Wildman–Crippen LogP) is 7.14. The van der Waals surface area contributed by atoms with Gasteiger partial charge in [0.25, 0.3) is 0 Å². The molecule has 0 saturated heterocycles. The van der Waals surface area contributed by atoms with E-state index in [2.05, 4.69) is 58.7 Å². The Morgan fingerprint density at radius 2 is 1.30 bits per heavy atom. The van der Waals surface area contributed by atoms with Crippen molar-refractivity contribution in [1.82, 2.24) is 0 Å². The van der Waals surface area contributed by atoms with Crippen LogP contribution >= 0.6 is 0 Å². The van der Waals surface area contributed by atoms with Gasteiger partial charge in [0.2, 0.25) is 0 Å². The molecular formula is C21H42N2. The molecule has 0 amide bonds. The zero-order valence-electron chi connectivity index (χ0n) is 16.9.